The van der Waals surface area contributed by atoms with Crippen molar-refractivity contribution < 1.29 is 43.0 Å². The van der Waals surface area contributed by atoms with Gasteiger partial charge in [-0.05, 0) is 81.3 Å². The molecule has 3 aromatic rings. The lowest BCUT2D eigenvalue weighted by Gasteiger charge is -2.40. The lowest BCUT2D eigenvalue weighted by atomic mass is 9.60. The summed E-state index contributed by atoms with van der Waals surface area (Å²) in [4.78, 5) is 79.9. The number of carbonyl (C=O) groups excluding carboxylic acids is 6. The minimum atomic E-state index is -1.07. The highest BCUT2D eigenvalue weighted by Crippen LogP contribution is 2.58. The van der Waals surface area contributed by atoms with Crippen molar-refractivity contribution in [1.29, 1.82) is 0 Å². The van der Waals surface area contributed by atoms with E-state index in [2.05, 4.69) is 31.9 Å². The molecule has 1 spiro atoms. The Morgan fingerprint density at radius 3 is 2.23 bits per heavy atom. The van der Waals surface area contributed by atoms with Gasteiger partial charge in [-0.1, -0.05) is 54.1 Å². The number of rotatable bonds is 18. The van der Waals surface area contributed by atoms with Crippen molar-refractivity contribution in [3.8, 4) is 0 Å². The fourth-order valence-electron chi connectivity index (χ4n) is 10.5. The second-order valence-corrected chi connectivity index (χ2v) is 18.4. The predicted octanol–water partition coefficient (Wildman–Crippen LogP) is 3.78. The summed E-state index contributed by atoms with van der Waals surface area (Å²) < 4.78 is 17.0. The van der Waals surface area contributed by atoms with Crippen molar-refractivity contribution in [2.75, 3.05) is 63.4 Å². The first-order valence-electron chi connectivity index (χ1n) is 22.6. The van der Waals surface area contributed by atoms with Gasteiger partial charge in [-0.3, -0.25) is 39.4 Å². The highest BCUT2D eigenvalue weighted by atomic mass is 35.5. The van der Waals surface area contributed by atoms with Crippen molar-refractivity contribution in [1.82, 2.24) is 26.2 Å². The quantitative estimate of drug-likeness (QED) is 0.0801. The normalized spacial score (nSPS) is 25.5. The number of anilines is 2. The molecule has 6 amide bonds. The third-order valence-electron chi connectivity index (χ3n) is 13.6. The van der Waals surface area contributed by atoms with Gasteiger partial charge in [-0.15, -0.1) is 0 Å². The molecule has 5 aliphatic rings. The van der Waals surface area contributed by atoms with E-state index in [1.165, 1.54) is 4.90 Å². The van der Waals surface area contributed by atoms with Crippen LogP contribution in [0.3, 0.4) is 0 Å². The summed E-state index contributed by atoms with van der Waals surface area (Å²) in [5, 5.41) is 19.1. The topological polar surface area (TPSA) is 206 Å². The second kappa shape index (κ2) is 20.0. The summed E-state index contributed by atoms with van der Waals surface area (Å²) in [5.74, 6) is -1.95. The molecule has 3 fully saturated rings. The molecular formula is C48H58ClN7O9. The second-order valence-electron chi connectivity index (χ2n) is 17.9. The van der Waals surface area contributed by atoms with Crippen LogP contribution in [0.5, 0.6) is 0 Å². The van der Waals surface area contributed by atoms with Crippen molar-refractivity contribution in [2.24, 2.45) is 5.92 Å². The Kier molecular flexibility index (Phi) is 14.2. The Hall–Kier alpha value is -5.39. The lowest BCUT2D eigenvalue weighted by Crippen LogP contribution is -2.55. The number of benzene rings is 3. The van der Waals surface area contributed by atoms with Crippen LogP contribution in [0.15, 0.2) is 66.7 Å². The van der Waals surface area contributed by atoms with Gasteiger partial charge in [-0.2, -0.15) is 0 Å². The number of imide groups is 1. The van der Waals surface area contributed by atoms with Gasteiger partial charge in [0.25, 0.3) is 5.91 Å². The number of hydrogen-bond acceptors (Lipinski definition) is 11. The Morgan fingerprint density at radius 1 is 0.800 bits per heavy atom. The van der Waals surface area contributed by atoms with Gasteiger partial charge in [0.05, 0.1) is 45.7 Å². The number of piperidine rings is 1. The van der Waals surface area contributed by atoms with Gasteiger partial charge in [0.15, 0.2) is 0 Å². The van der Waals surface area contributed by atoms with Gasteiger partial charge in [0, 0.05) is 77.0 Å². The highest BCUT2D eigenvalue weighted by molar-refractivity contribution is 6.31. The highest BCUT2D eigenvalue weighted by Gasteiger charge is 2.69. The molecule has 3 aromatic carbocycles. The van der Waals surface area contributed by atoms with Crippen LogP contribution in [0.2, 0.25) is 5.02 Å². The van der Waals surface area contributed by atoms with E-state index in [1.54, 1.807) is 24.3 Å². The number of halogens is 1. The third-order valence-corrected chi connectivity index (χ3v) is 13.9. The fourth-order valence-corrected chi connectivity index (χ4v) is 10.7. The Bertz CT molecular complexity index is 2290. The van der Waals surface area contributed by atoms with Crippen LogP contribution < -0.4 is 31.9 Å². The first-order chi connectivity index (χ1) is 31.4. The molecule has 65 heavy (non-hydrogen) atoms. The molecule has 346 valence electrons. The van der Waals surface area contributed by atoms with Crippen LogP contribution in [0.4, 0.5) is 11.4 Å². The standard InChI is InChI=1S/C48H58ClN7O9/c1-47(2)48(35-16-13-31(49)27-37(35)53-46(48)62)40(29-7-4-3-5-8-29)41(55-47)44(60)52-32-14-11-30(12-15-32)42(58)51-20-22-64-24-26-65-25-23-63-21-19-50-36-10-6-9-33-34(36)28-56(45(33)61)38-17-18-39(57)54-43(38)59/h3-10,13,16,27,30,32,38,40-41,50,55H,11-12,14-15,17-26,28H2,1-2H3,(H,51,58)(H,52,60)(H,53,62)(H,54,57,59)/t30?,32?,38?,40-,41+,48+/m0/s1. The first kappa shape index (κ1) is 46.2. The molecule has 1 unspecified atom stereocenters. The summed E-state index contributed by atoms with van der Waals surface area (Å²) in [6.45, 7) is 7.48. The molecule has 8 rings (SSSR count). The van der Waals surface area contributed by atoms with E-state index >= 15 is 0 Å². The van der Waals surface area contributed by atoms with E-state index in [0.717, 1.165) is 22.4 Å². The average Bonchev–Trinajstić information content (AvgIpc) is 3.88. The average molecular weight is 912 g/mol. The Morgan fingerprint density at radius 2 is 1.51 bits per heavy atom. The summed E-state index contributed by atoms with van der Waals surface area (Å²) in [6.07, 6.45) is 3.16. The number of nitrogens with zero attached hydrogens (tertiary/aromatic N) is 1. The number of carbonyl (C=O) groups is 6. The van der Waals surface area contributed by atoms with Gasteiger partial charge >= 0.3 is 0 Å². The number of nitrogens with one attached hydrogen (secondary N) is 6. The molecule has 0 bridgehead atoms. The number of hydrogen-bond donors (Lipinski definition) is 6. The molecule has 1 saturated carbocycles. The van der Waals surface area contributed by atoms with Crippen LogP contribution in [-0.4, -0.2) is 117 Å². The van der Waals surface area contributed by atoms with Crippen molar-refractivity contribution in [3.05, 3.63) is 94.0 Å². The van der Waals surface area contributed by atoms with Crippen LogP contribution in [0, 0.1) is 5.92 Å². The van der Waals surface area contributed by atoms with Crippen molar-refractivity contribution in [2.45, 2.75) is 93.9 Å². The molecular weight excluding hydrogens is 854 g/mol. The molecule has 4 atom stereocenters. The zero-order valence-corrected chi connectivity index (χ0v) is 37.6. The van der Waals surface area contributed by atoms with Crippen LogP contribution in [-0.2, 0) is 50.1 Å². The van der Waals surface area contributed by atoms with E-state index in [1.807, 2.05) is 56.3 Å². The molecule has 1 aliphatic carbocycles. The lowest BCUT2D eigenvalue weighted by molar-refractivity contribution is -0.137. The smallest absolute Gasteiger partial charge is 0.255 e. The zero-order valence-electron chi connectivity index (χ0n) is 36.8. The molecule has 0 radical (unpaired) electrons. The summed E-state index contributed by atoms with van der Waals surface area (Å²) in [7, 11) is 0. The third kappa shape index (κ3) is 9.50. The van der Waals surface area contributed by atoms with Crippen LogP contribution in [0.1, 0.15) is 85.3 Å². The maximum absolute atomic E-state index is 14.2. The van der Waals surface area contributed by atoms with Gasteiger partial charge < -0.3 is 40.4 Å². The minimum absolute atomic E-state index is 0.0168. The van der Waals surface area contributed by atoms with E-state index in [4.69, 9.17) is 25.8 Å². The SMILES string of the molecule is CC1(C)N[C@@H](C(=O)NC2CCC(C(=O)NCCOCCOCCOCCNc3cccc4c3CN(C3CCC(=O)NC3=O)C4=O)CC2)[C@H](c2ccccc2)[C@]12C(=O)Nc1cc(Cl)ccc12. The van der Waals surface area contributed by atoms with Gasteiger partial charge in [0.1, 0.15) is 11.5 Å². The van der Waals surface area contributed by atoms with E-state index in [0.29, 0.717) is 108 Å². The number of amides is 6. The predicted molar refractivity (Wildman–Crippen MR) is 242 cm³/mol. The van der Waals surface area contributed by atoms with Crippen LogP contribution >= 0.6 is 11.6 Å². The molecule has 0 aromatic heterocycles. The molecule has 2 saturated heterocycles. The number of fused-ring (bicyclic) bond motifs is 3. The van der Waals surface area contributed by atoms with Crippen molar-refractivity contribution >= 4 is 58.4 Å². The monoisotopic (exact) mass is 911 g/mol. The molecule has 16 nitrogen and oxygen atoms in total. The number of ether oxygens (including phenoxy) is 3. The maximum atomic E-state index is 14.2. The minimum Gasteiger partial charge on any atom is -0.382 e. The van der Waals surface area contributed by atoms with E-state index in [-0.39, 0.29) is 47.9 Å². The van der Waals surface area contributed by atoms with Gasteiger partial charge in [-0.25, -0.2) is 0 Å². The van der Waals surface area contributed by atoms with Crippen molar-refractivity contribution in [3.63, 3.8) is 0 Å². The molecule has 6 N–H and O–H groups in total. The molecule has 4 aliphatic heterocycles. The maximum Gasteiger partial charge on any atom is 0.255 e. The largest absolute Gasteiger partial charge is 0.382 e. The zero-order chi connectivity index (χ0) is 45.7. The van der Waals surface area contributed by atoms with E-state index < -0.39 is 34.9 Å². The Labute approximate surface area is 383 Å². The van der Waals surface area contributed by atoms with Crippen LogP contribution in [0.25, 0.3) is 0 Å². The summed E-state index contributed by atoms with van der Waals surface area (Å²) in [5.41, 5.74) is 2.71. The Balaban J connectivity index is 0.691. The first-order valence-corrected chi connectivity index (χ1v) is 23.0. The molecule has 17 heteroatoms. The fraction of sp³-hybridized carbons (Fsp3) is 0.500. The molecule has 4 heterocycles. The summed E-state index contributed by atoms with van der Waals surface area (Å²) in [6, 6.07) is 19.2. The summed E-state index contributed by atoms with van der Waals surface area (Å²) >= 11 is 6.33. The van der Waals surface area contributed by atoms with E-state index in [9.17, 15) is 28.8 Å². The van der Waals surface area contributed by atoms with Gasteiger partial charge in [0.2, 0.25) is 29.5 Å².